The third-order valence-corrected chi connectivity index (χ3v) is 11.8. The van der Waals surface area contributed by atoms with Gasteiger partial charge in [-0.2, -0.15) is 0 Å². The molecular weight excluding hydrogens is 682 g/mol. The Morgan fingerprint density at radius 3 is 2.35 bits per heavy atom. The van der Waals surface area contributed by atoms with E-state index in [2.05, 4.69) is 5.32 Å². The molecule has 52 heavy (non-hydrogen) atoms. The van der Waals surface area contributed by atoms with Gasteiger partial charge >= 0.3 is 30.0 Å². The number of amides is 1. The number of rotatable bonds is 8. The van der Waals surface area contributed by atoms with Crippen LogP contribution in [0.15, 0.2) is 23.0 Å². The lowest BCUT2D eigenvalue weighted by Gasteiger charge is -2.67. The number of Topliss-reactive ketones (excluding diaryl/α,β-unsaturated/α-hetero) is 1. The molecule has 0 aromatic heterocycles. The Morgan fingerprint density at radius 1 is 1.12 bits per heavy atom. The molecule has 2 saturated heterocycles. The average molecular weight is 734 g/mol. The Balaban J connectivity index is 1.57. The van der Waals surface area contributed by atoms with Crippen LogP contribution in [0, 0.1) is 34.5 Å². The summed E-state index contributed by atoms with van der Waals surface area (Å²) in [4.78, 5) is 80.8. The van der Waals surface area contributed by atoms with E-state index in [1.807, 2.05) is 6.92 Å². The number of nitrogens with one attached hydrogen (secondary N) is 1. The highest BCUT2D eigenvalue weighted by Crippen LogP contribution is 2.73. The van der Waals surface area contributed by atoms with Gasteiger partial charge in [-0.15, -0.1) is 0 Å². The van der Waals surface area contributed by atoms with Crippen molar-refractivity contribution in [1.29, 1.82) is 0 Å². The van der Waals surface area contributed by atoms with Gasteiger partial charge in [0.25, 0.3) is 0 Å². The van der Waals surface area contributed by atoms with Crippen LogP contribution in [-0.4, -0.2) is 101 Å². The minimum absolute atomic E-state index is 0.0540. The molecule has 1 unspecified atom stereocenters. The molecule has 3 aliphatic carbocycles. The van der Waals surface area contributed by atoms with Crippen molar-refractivity contribution in [3.8, 4) is 0 Å². The molecule has 2 bridgehead atoms. The fourth-order valence-corrected chi connectivity index (χ4v) is 9.65. The van der Waals surface area contributed by atoms with E-state index in [1.165, 1.54) is 6.08 Å². The third kappa shape index (κ3) is 6.02. The Labute approximate surface area is 302 Å². The number of carbonyl (C=O) groups excluding carboxylic acids is 6. The van der Waals surface area contributed by atoms with Crippen molar-refractivity contribution in [2.75, 3.05) is 13.7 Å². The number of aliphatic hydroxyl groups excluding tert-OH is 2. The Kier molecular flexibility index (Phi) is 10.3. The highest BCUT2D eigenvalue weighted by atomic mass is 16.6. The van der Waals surface area contributed by atoms with Crippen molar-refractivity contribution in [3.63, 3.8) is 0 Å². The average Bonchev–Trinajstić information content (AvgIpc) is 3.34. The van der Waals surface area contributed by atoms with Crippen LogP contribution in [-0.2, 0) is 52.4 Å². The Morgan fingerprint density at radius 2 is 1.77 bits per heavy atom. The molecule has 2 saturated carbocycles. The standard InChI is InChI=1S/C37H51NO14/c1-11-17(4)23(38-33(46)52-34(6,7)8)30(43)51-25-18(5)19-13-21-36-15-48-37(32(45)47-10,29(42)24(41)27(36)35(19,9)14-20(25)39)28(36)26(31(44)49-21)50-22(40)12-16(2)3/h12,17,19,21,23-24,26-29,41-42H,11,13-15H2,1-10H3,(H,38,46)/t17-,19-,21+,23-,24+,26+,27?,28+,29-,35-,36+,37-/m0/s1. The molecule has 288 valence electrons. The minimum atomic E-state index is -2.31. The summed E-state index contributed by atoms with van der Waals surface area (Å²) in [5.74, 6) is -8.06. The van der Waals surface area contributed by atoms with Gasteiger partial charge in [0.15, 0.2) is 11.5 Å². The monoisotopic (exact) mass is 733 g/mol. The number of allylic oxidation sites excluding steroid dienone is 3. The van der Waals surface area contributed by atoms with Crippen LogP contribution in [0.25, 0.3) is 0 Å². The first kappa shape index (κ1) is 39.4. The summed E-state index contributed by atoms with van der Waals surface area (Å²) < 4.78 is 34.1. The third-order valence-electron chi connectivity index (χ3n) is 11.8. The number of fused-ring (bicyclic) bond motifs is 2. The van der Waals surface area contributed by atoms with E-state index < -0.39 is 112 Å². The maximum atomic E-state index is 14.1. The van der Waals surface area contributed by atoms with Crippen molar-refractivity contribution in [2.24, 2.45) is 34.5 Å². The van der Waals surface area contributed by atoms with E-state index in [9.17, 15) is 39.0 Å². The smallest absolute Gasteiger partial charge is 0.408 e. The molecular formula is C37H51NO14. The van der Waals surface area contributed by atoms with Crippen molar-refractivity contribution in [3.05, 3.63) is 23.0 Å². The van der Waals surface area contributed by atoms with Crippen LogP contribution in [0.2, 0.25) is 0 Å². The molecule has 4 fully saturated rings. The fraction of sp³-hybridized carbons (Fsp3) is 0.730. The molecule has 2 aliphatic heterocycles. The summed E-state index contributed by atoms with van der Waals surface area (Å²) in [5, 5.41) is 26.4. The first-order valence-corrected chi connectivity index (χ1v) is 17.7. The zero-order chi connectivity index (χ0) is 38.9. The second kappa shape index (κ2) is 13.5. The minimum Gasteiger partial charge on any atom is -0.467 e. The van der Waals surface area contributed by atoms with Gasteiger partial charge in [-0.3, -0.25) is 4.79 Å². The molecule has 1 spiro atoms. The van der Waals surface area contributed by atoms with Gasteiger partial charge in [0, 0.05) is 23.8 Å². The van der Waals surface area contributed by atoms with Gasteiger partial charge in [-0.05, 0) is 70.8 Å². The molecule has 12 atom stereocenters. The molecule has 2 heterocycles. The molecule has 3 N–H and O–H groups in total. The van der Waals surface area contributed by atoms with E-state index >= 15 is 0 Å². The number of methoxy groups -OCH3 is 1. The maximum Gasteiger partial charge on any atom is 0.408 e. The summed E-state index contributed by atoms with van der Waals surface area (Å²) in [5.41, 5.74) is -4.81. The second-order valence-corrected chi connectivity index (χ2v) is 16.4. The van der Waals surface area contributed by atoms with E-state index in [-0.39, 0.29) is 25.2 Å². The molecule has 0 aromatic carbocycles. The summed E-state index contributed by atoms with van der Waals surface area (Å²) in [6.07, 6.45) is -5.84. The summed E-state index contributed by atoms with van der Waals surface area (Å²) in [7, 11) is 1.07. The van der Waals surface area contributed by atoms with Gasteiger partial charge < -0.3 is 44.0 Å². The van der Waals surface area contributed by atoms with E-state index in [0.717, 1.165) is 7.11 Å². The number of ketones is 1. The zero-order valence-electron chi connectivity index (χ0n) is 31.4. The van der Waals surface area contributed by atoms with E-state index in [4.69, 9.17) is 28.4 Å². The van der Waals surface area contributed by atoms with Gasteiger partial charge in [0.05, 0.1) is 25.7 Å². The topological polar surface area (TPSA) is 210 Å². The summed E-state index contributed by atoms with van der Waals surface area (Å²) in [6.45, 7) is 15.0. The van der Waals surface area contributed by atoms with Gasteiger partial charge in [-0.25, -0.2) is 24.0 Å². The van der Waals surface area contributed by atoms with Gasteiger partial charge in [0.1, 0.15) is 23.9 Å². The van der Waals surface area contributed by atoms with E-state index in [1.54, 1.807) is 55.4 Å². The molecule has 1 amide bonds. The molecule has 5 rings (SSSR count). The molecule has 15 nitrogen and oxygen atoms in total. The van der Waals surface area contributed by atoms with Gasteiger partial charge in [-0.1, -0.05) is 32.8 Å². The van der Waals surface area contributed by atoms with Crippen LogP contribution in [0.5, 0.6) is 0 Å². The number of hydrogen-bond acceptors (Lipinski definition) is 14. The number of ether oxygens (including phenoxy) is 6. The van der Waals surface area contributed by atoms with Crippen LogP contribution in [0.3, 0.4) is 0 Å². The summed E-state index contributed by atoms with van der Waals surface area (Å²) >= 11 is 0. The van der Waals surface area contributed by atoms with Crippen LogP contribution in [0.4, 0.5) is 4.79 Å². The molecule has 0 radical (unpaired) electrons. The van der Waals surface area contributed by atoms with Crippen LogP contribution < -0.4 is 5.32 Å². The lowest BCUT2D eigenvalue weighted by molar-refractivity contribution is -0.290. The Hall–Kier alpha value is -3.82. The number of alkyl carbamates (subject to hydrolysis) is 1. The van der Waals surface area contributed by atoms with Crippen LogP contribution >= 0.6 is 0 Å². The number of carbonyl (C=O) groups is 6. The SMILES string of the molecule is CC[C@H](C)[C@H](NC(=O)OC(C)(C)C)C(=O)OC1=C(C)[C@@H]2C[C@H]3OC(=O)[C@H](OC(=O)C=C(C)C)[C@H]4[C@]5(C(=O)OC)OC[C@]34C([C@@H](O)[C@@H]5O)[C@@]2(C)CC1=O. The number of hydrogen-bond donors (Lipinski definition) is 3. The Bertz CT molecular complexity index is 1610. The fourth-order valence-electron chi connectivity index (χ4n) is 9.65. The highest BCUT2D eigenvalue weighted by molar-refractivity contribution is 5.99. The van der Waals surface area contributed by atoms with Crippen molar-refractivity contribution < 1.29 is 67.4 Å². The lowest BCUT2D eigenvalue weighted by Crippen LogP contribution is -2.79. The largest absolute Gasteiger partial charge is 0.467 e. The first-order valence-electron chi connectivity index (χ1n) is 17.7. The predicted molar refractivity (Wildman–Crippen MR) is 179 cm³/mol. The normalized spacial score (nSPS) is 37.3. The number of esters is 4. The van der Waals surface area contributed by atoms with Crippen molar-refractivity contribution in [1.82, 2.24) is 5.32 Å². The number of aliphatic hydroxyl groups is 2. The zero-order valence-corrected chi connectivity index (χ0v) is 31.4. The van der Waals surface area contributed by atoms with Crippen molar-refractivity contribution >= 4 is 35.8 Å². The molecule has 15 heteroatoms. The summed E-state index contributed by atoms with van der Waals surface area (Å²) in [6, 6.07) is -1.15. The van der Waals surface area contributed by atoms with Crippen LogP contribution in [0.1, 0.15) is 81.6 Å². The molecule has 5 aliphatic rings. The predicted octanol–water partition coefficient (Wildman–Crippen LogP) is 2.44. The maximum absolute atomic E-state index is 14.1. The first-order chi connectivity index (χ1) is 24.1. The van der Waals surface area contributed by atoms with Gasteiger partial charge in [0.2, 0.25) is 11.7 Å². The second-order valence-electron chi connectivity index (χ2n) is 16.4. The lowest BCUT2D eigenvalue weighted by atomic mass is 9.38. The quantitative estimate of drug-likeness (QED) is 0.186. The molecule has 0 aromatic rings. The van der Waals surface area contributed by atoms with Crippen molar-refractivity contribution in [2.45, 2.75) is 123 Å². The highest BCUT2D eigenvalue weighted by Gasteiger charge is 2.85. The van der Waals surface area contributed by atoms with E-state index in [0.29, 0.717) is 17.6 Å².